The number of aryl methyl sites for hydroxylation is 1. The lowest BCUT2D eigenvalue weighted by Gasteiger charge is -2.31. The minimum atomic E-state index is -2.88. The third-order valence-corrected chi connectivity index (χ3v) is 3.97. The first kappa shape index (κ1) is 16.2. The topological polar surface area (TPSA) is 38.8 Å². The number of ether oxygens (including phenoxy) is 2. The van der Waals surface area contributed by atoms with E-state index in [4.69, 9.17) is 4.74 Å². The summed E-state index contributed by atoms with van der Waals surface area (Å²) in [5.41, 5.74) is 2.26. The van der Waals surface area contributed by atoms with Crippen LogP contribution in [0.1, 0.15) is 22.3 Å². The van der Waals surface area contributed by atoms with Crippen molar-refractivity contribution in [3.05, 3.63) is 53.6 Å². The number of alkyl halides is 2. The van der Waals surface area contributed by atoms with Gasteiger partial charge in [-0.25, -0.2) is 0 Å². The van der Waals surface area contributed by atoms with Crippen LogP contribution in [0, 0.1) is 0 Å². The zero-order valence-electron chi connectivity index (χ0n) is 13.2. The standard InChI is InChI=1S/C18H17F2NO3/c1-23-15-6-2-4-12-5-3-11-21(16(12)15)17(22)13-7-9-14(10-8-13)24-18(19)20/h2,4,6-10,18H,3,5,11H2,1H3. The summed E-state index contributed by atoms with van der Waals surface area (Å²) >= 11 is 0. The number of carbonyl (C=O) groups excluding carboxylic acids is 1. The third-order valence-electron chi connectivity index (χ3n) is 3.97. The molecule has 1 aliphatic rings. The molecule has 0 aliphatic carbocycles. The number of hydrogen-bond donors (Lipinski definition) is 0. The minimum Gasteiger partial charge on any atom is -0.495 e. The predicted octanol–water partition coefficient (Wildman–Crippen LogP) is 3.89. The molecule has 2 aromatic rings. The average molecular weight is 333 g/mol. The molecule has 0 N–H and O–H groups in total. The lowest BCUT2D eigenvalue weighted by atomic mass is 10.00. The fourth-order valence-electron chi connectivity index (χ4n) is 2.92. The maximum absolute atomic E-state index is 12.8. The van der Waals surface area contributed by atoms with Crippen molar-refractivity contribution in [2.24, 2.45) is 0 Å². The molecule has 126 valence electrons. The Hall–Kier alpha value is -2.63. The summed E-state index contributed by atoms with van der Waals surface area (Å²) < 4.78 is 34.1. The second-order valence-electron chi connectivity index (χ2n) is 5.43. The van der Waals surface area contributed by atoms with E-state index in [0.717, 1.165) is 24.1 Å². The van der Waals surface area contributed by atoms with Crippen molar-refractivity contribution < 1.29 is 23.0 Å². The van der Waals surface area contributed by atoms with Crippen LogP contribution in [0.25, 0.3) is 0 Å². The Labute approximate surface area is 138 Å². The van der Waals surface area contributed by atoms with Crippen molar-refractivity contribution in [3.63, 3.8) is 0 Å². The van der Waals surface area contributed by atoms with E-state index >= 15 is 0 Å². The Morgan fingerprint density at radius 3 is 2.58 bits per heavy atom. The zero-order chi connectivity index (χ0) is 17.1. The van der Waals surface area contributed by atoms with Crippen molar-refractivity contribution in [2.45, 2.75) is 19.5 Å². The summed E-state index contributed by atoms with van der Waals surface area (Å²) in [6.45, 7) is -2.30. The van der Waals surface area contributed by atoms with E-state index in [0.29, 0.717) is 17.9 Å². The van der Waals surface area contributed by atoms with E-state index in [9.17, 15) is 13.6 Å². The van der Waals surface area contributed by atoms with Gasteiger partial charge >= 0.3 is 6.61 Å². The monoisotopic (exact) mass is 333 g/mol. The number of para-hydroxylation sites is 1. The molecule has 0 atom stereocenters. The van der Waals surface area contributed by atoms with Gasteiger partial charge in [-0.05, 0) is 48.7 Å². The maximum atomic E-state index is 12.8. The van der Waals surface area contributed by atoms with Crippen LogP contribution in [0.3, 0.4) is 0 Å². The van der Waals surface area contributed by atoms with E-state index in [1.807, 2.05) is 18.2 Å². The van der Waals surface area contributed by atoms with Crippen LogP contribution >= 0.6 is 0 Å². The Morgan fingerprint density at radius 2 is 1.92 bits per heavy atom. The number of hydrogen-bond acceptors (Lipinski definition) is 3. The van der Waals surface area contributed by atoms with Crippen LogP contribution in [0.2, 0.25) is 0 Å². The summed E-state index contributed by atoms with van der Waals surface area (Å²) in [6.07, 6.45) is 1.75. The van der Waals surface area contributed by atoms with Crippen molar-refractivity contribution in [3.8, 4) is 11.5 Å². The Bertz CT molecular complexity index is 717. The van der Waals surface area contributed by atoms with E-state index < -0.39 is 6.61 Å². The van der Waals surface area contributed by atoms with Gasteiger partial charge < -0.3 is 14.4 Å². The van der Waals surface area contributed by atoms with Gasteiger partial charge in [0.15, 0.2) is 0 Å². The van der Waals surface area contributed by atoms with Gasteiger partial charge in [0.05, 0.1) is 12.8 Å². The van der Waals surface area contributed by atoms with Gasteiger partial charge in [-0.2, -0.15) is 8.78 Å². The molecule has 24 heavy (non-hydrogen) atoms. The molecule has 0 saturated heterocycles. The zero-order valence-corrected chi connectivity index (χ0v) is 13.2. The summed E-state index contributed by atoms with van der Waals surface area (Å²) in [7, 11) is 1.57. The largest absolute Gasteiger partial charge is 0.495 e. The van der Waals surface area contributed by atoms with Crippen LogP contribution in [0.4, 0.5) is 14.5 Å². The number of halogens is 2. The molecule has 6 heteroatoms. The van der Waals surface area contributed by atoms with Gasteiger partial charge in [0, 0.05) is 12.1 Å². The number of rotatable bonds is 4. The van der Waals surface area contributed by atoms with Gasteiger partial charge in [0.2, 0.25) is 0 Å². The average Bonchev–Trinajstić information content (AvgIpc) is 2.60. The van der Waals surface area contributed by atoms with Crippen molar-refractivity contribution >= 4 is 11.6 Å². The number of carbonyl (C=O) groups is 1. The molecule has 0 saturated carbocycles. The number of anilines is 1. The summed E-state index contributed by atoms with van der Waals surface area (Å²) in [4.78, 5) is 14.5. The van der Waals surface area contributed by atoms with Crippen LogP contribution < -0.4 is 14.4 Å². The highest BCUT2D eigenvalue weighted by Gasteiger charge is 2.26. The number of benzene rings is 2. The van der Waals surface area contributed by atoms with Crippen molar-refractivity contribution in [1.82, 2.24) is 0 Å². The molecule has 0 unspecified atom stereocenters. The van der Waals surface area contributed by atoms with Crippen LogP contribution in [-0.2, 0) is 6.42 Å². The van der Waals surface area contributed by atoms with Crippen LogP contribution in [0.5, 0.6) is 11.5 Å². The van der Waals surface area contributed by atoms with Crippen LogP contribution in [0.15, 0.2) is 42.5 Å². The summed E-state index contributed by atoms with van der Waals surface area (Å²) in [5.74, 6) is 0.487. The molecule has 3 rings (SSSR count). The molecule has 0 fully saturated rings. The molecule has 1 heterocycles. The Kier molecular flexibility index (Phi) is 4.64. The summed E-state index contributed by atoms with van der Waals surface area (Å²) in [5, 5.41) is 0. The molecule has 1 amide bonds. The van der Waals surface area contributed by atoms with Crippen molar-refractivity contribution in [2.75, 3.05) is 18.6 Å². The first-order valence-corrected chi connectivity index (χ1v) is 7.63. The molecule has 0 spiro atoms. The predicted molar refractivity (Wildman–Crippen MR) is 86.1 cm³/mol. The molecule has 0 bridgehead atoms. The fourth-order valence-corrected chi connectivity index (χ4v) is 2.92. The maximum Gasteiger partial charge on any atom is 0.387 e. The number of nitrogens with zero attached hydrogens (tertiary/aromatic N) is 1. The molecular formula is C18H17F2NO3. The number of methoxy groups -OCH3 is 1. The lowest BCUT2D eigenvalue weighted by molar-refractivity contribution is -0.0498. The SMILES string of the molecule is COc1cccc2c1N(C(=O)c1ccc(OC(F)F)cc1)CCC2. The Balaban J connectivity index is 1.89. The highest BCUT2D eigenvalue weighted by Crippen LogP contribution is 2.37. The molecule has 0 aromatic heterocycles. The van der Waals surface area contributed by atoms with Gasteiger partial charge in [-0.15, -0.1) is 0 Å². The van der Waals surface area contributed by atoms with Gasteiger partial charge in [-0.1, -0.05) is 12.1 Å². The van der Waals surface area contributed by atoms with Gasteiger partial charge in [0.1, 0.15) is 11.5 Å². The van der Waals surface area contributed by atoms with E-state index in [-0.39, 0.29) is 11.7 Å². The van der Waals surface area contributed by atoms with Gasteiger partial charge in [0.25, 0.3) is 5.91 Å². The van der Waals surface area contributed by atoms with Crippen LogP contribution in [-0.4, -0.2) is 26.2 Å². The number of amides is 1. The van der Waals surface area contributed by atoms with E-state index in [2.05, 4.69) is 4.74 Å². The normalized spacial score (nSPS) is 13.6. The highest BCUT2D eigenvalue weighted by atomic mass is 19.3. The molecule has 2 aromatic carbocycles. The third kappa shape index (κ3) is 3.18. The van der Waals surface area contributed by atoms with E-state index in [1.54, 1.807) is 12.0 Å². The van der Waals surface area contributed by atoms with Crippen molar-refractivity contribution in [1.29, 1.82) is 0 Å². The molecule has 4 nitrogen and oxygen atoms in total. The Morgan fingerprint density at radius 1 is 1.17 bits per heavy atom. The second kappa shape index (κ2) is 6.86. The smallest absolute Gasteiger partial charge is 0.387 e. The first-order chi connectivity index (χ1) is 11.6. The lowest BCUT2D eigenvalue weighted by Crippen LogP contribution is -2.35. The first-order valence-electron chi connectivity index (χ1n) is 7.63. The fraction of sp³-hybridized carbons (Fsp3) is 0.278. The second-order valence-corrected chi connectivity index (χ2v) is 5.43. The van der Waals surface area contributed by atoms with E-state index in [1.165, 1.54) is 24.3 Å². The minimum absolute atomic E-state index is 0.0261. The molecular weight excluding hydrogens is 316 g/mol. The quantitative estimate of drug-likeness (QED) is 0.852. The summed E-state index contributed by atoms with van der Waals surface area (Å²) in [6, 6.07) is 11.4. The highest BCUT2D eigenvalue weighted by molar-refractivity contribution is 6.07. The number of fused-ring (bicyclic) bond motifs is 1. The molecule has 1 aliphatic heterocycles. The molecule has 0 radical (unpaired) electrons. The van der Waals surface area contributed by atoms with Gasteiger partial charge in [-0.3, -0.25) is 4.79 Å².